The zero-order valence-corrected chi connectivity index (χ0v) is 11.8. The second-order valence-corrected chi connectivity index (χ2v) is 4.92. The molecule has 3 N–H and O–H groups in total. The van der Waals surface area contributed by atoms with E-state index in [-0.39, 0.29) is 5.91 Å². The van der Waals surface area contributed by atoms with Crippen LogP contribution in [0.5, 0.6) is 0 Å². The number of benzene rings is 1. The quantitative estimate of drug-likeness (QED) is 0.622. The summed E-state index contributed by atoms with van der Waals surface area (Å²) in [5.74, 6) is 0.0497. The Kier molecular flexibility index (Phi) is 6.53. The molecule has 0 aromatic heterocycles. The van der Waals surface area contributed by atoms with Crippen molar-refractivity contribution in [2.75, 3.05) is 19.6 Å². The summed E-state index contributed by atoms with van der Waals surface area (Å²) in [6.07, 6.45) is 1.38. The highest BCUT2D eigenvalue weighted by Crippen LogP contribution is 2.18. The molecule has 1 amide bonds. The molecule has 0 saturated heterocycles. The Labute approximate surface area is 115 Å². The number of hydrogen-bond acceptors (Lipinski definition) is 3. The average molecular weight is 264 g/mol. The van der Waals surface area contributed by atoms with Crippen molar-refractivity contribution in [3.8, 4) is 0 Å². The van der Waals surface area contributed by atoms with E-state index in [1.807, 2.05) is 37.3 Å². The van der Waals surface area contributed by atoms with Crippen molar-refractivity contribution in [2.45, 2.75) is 32.3 Å². The highest BCUT2D eigenvalue weighted by atomic mass is 16.3. The number of aliphatic hydroxyl groups is 1. The molecule has 0 fully saturated rings. The van der Waals surface area contributed by atoms with E-state index in [1.165, 1.54) is 0 Å². The Bertz CT molecular complexity index is 377. The fourth-order valence-electron chi connectivity index (χ4n) is 1.79. The van der Waals surface area contributed by atoms with E-state index in [9.17, 15) is 9.90 Å². The molecular formula is C15H24N2O2. The van der Waals surface area contributed by atoms with E-state index < -0.39 is 5.60 Å². The van der Waals surface area contributed by atoms with Crippen LogP contribution in [0.1, 0.15) is 32.3 Å². The molecule has 1 atom stereocenters. The van der Waals surface area contributed by atoms with Crippen molar-refractivity contribution in [1.29, 1.82) is 0 Å². The summed E-state index contributed by atoms with van der Waals surface area (Å²) in [6.45, 7) is 5.51. The molecule has 1 unspecified atom stereocenters. The smallest absolute Gasteiger partial charge is 0.221 e. The van der Waals surface area contributed by atoms with Gasteiger partial charge in [-0.2, -0.15) is 0 Å². The average Bonchev–Trinajstić information content (AvgIpc) is 2.42. The highest BCUT2D eigenvalue weighted by Gasteiger charge is 2.21. The minimum Gasteiger partial charge on any atom is -0.384 e. The molecule has 0 spiro atoms. The summed E-state index contributed by atoms with van der Waals surface area (Å²) in [4.78, 5) is 11.4. The van der Waals surface area contributed by atoms with Crippen LogP contribution in [0.15, 0.2) is 30.3 Å². The zero-order valence-electron chi connectivity index (χ0n) is 11.8. The van der Waals surface area contributed by atoms with E-state index in [0.717, 1.165) is 18.5 Å². The normalized spacial score (nSPS) is 13.8. The van der Waals surface area contributed by atoms with Crippen LogP contribution in [-0.2, 0) is 10.4 Å². The molecule has 1 rings (SSSR count). The first-order valence-corrected chi connectivity index (χ1v) is 6.81. The maximum atomic E-state index is 11.4. The lowest BCUT2D eigenvalue weighted by Crippen LogP contribution is -2.37. The van der Waals surface area contributed by atoms with Crippen molar-refractivity contribution in [3.63, 3.8) is 0 Å². The topological polar surface area (TPSA) is 61.4 Å². The van der Waals surface area contributed by atoms with Gasteiger partial charge in [-0.15, -0.1) is 0 Å². The summed E-state index contributed by atoms with van der Waals surface area (Å²) >= 11 is 0. The number of carbonyl (C=O) groups excluding carboxylic acids is 1. The SMILES string of the molecule is CCCNC(=O)CCNCC(C)(O)c1ccccc1. The summed E-state index contributed by atoms with van der Waals surface area (Å²) in [7, 11) is 0. The molecule has 1 aromatic rings. The van der Waals surface area contributed by atoms with E-state index in [4.69, 9.17) is 0 Å². The highest BCUT2D eigenvalue weighted by molar-refractivity contribution is 5.75. The van der Waals surface area contributed by atoms with Crippen molar-refractivity contribution in [3.05, 3.63) is 35.9 Å². The molecule has 19 heavy (non-hydrogen) atoms. The Hall–Kier alpha value is -1.39. The molecule has 0 heterocycles. The van der Waals surface area contributed by atoms with E-state index in [2.05, 4.69) is 10.6 Å². The predicted octanol–water partition coefficient (Wildman–Crippen LogP) is 1.40. The first-order valence-electron chi connectivity index (χ1n) is 6.81. The fourth-order valence-corrected chi connectivity index (χ4v) is 1.79. The van der Waals surface area contributed by atoms with Crippen LogP contribution >= 0.6 is 0 Å². The van der Waals surface area contributed by atoms with Gasteiger partial charge < -0.3 is 15.7 Å². The first-order chi connectivity index (χ1) is 9.06. The number of hydrogen-bond donors (Lipinski definition) is 3. The van der Waals surface area contributed by atoms with Crippen LogP contribution in [0.25, 0.3) is 0 Å². The molecule has 0 aliphatic rings. The number of carbonyl (C=O) groups is 1. The molecule has 0 radical (unpaired) electrons. The molecular weight excluding hydrogens is 240 g/mol. The molecule has 0 aliphatic carbocycles. The van der Waals surface area contributed by atoms with Crippen LogP contribution in [-0.4, -0.2) is 30.6 Å². The Morgan fingerprint density at radius 1 is 1.26 bits per heavy atom. The second-order valence-electron chi connectivity index (χ2n) is 4.92. The van der Waals surface area contributed by atoms with Gasteiger partial charge in [0.05, 0.1) is 5.60 Å². The lowest BCUT2D eigenvalue weighted by Gasteiger charge is -2.24. The monoisotopic (exact) mass is 264 g/mol. The number of rotatable bonds is 8. The Morgan fingerprint density at radius 2 is 1.95 bits per heavy atom. The van der Waals surface area contributed by atoms with Crippen molar-refractivity contribution >= 4 is 5.91 Å². The van der Waals surface area contributed by atoms with Crippen LogP contribution in [0.3, 0.4) is 0 Å². The van der Waals surface area contributed by atoms with Gasteiger partial charge in [-0.1, -0.05) is 37.3 Å². The minimum absolute atomic E-state index is 0.0497. The predicted molar refractivity (Wildman–Crippen MR) is 76.8 cm³/mol. The van der Waals surface area contributed by atoms with Crippen molar-refractivity contribution in [2.24, 2.45) is 0 Å². The van der Waals surface area contributed by atoms with Crippen LogP contribution in [0, 0.1) is 0 Å². The molecule has 4 nitrogen and oxygen atoms in total. The molecule has 0 saturated carbocycles. The lowest BCUT2D eigenvalue weighted by atomic mass is 9.96. The molecule has 4 heteroatoms. The van der Waals surface area contributed by atoms with E-state index in [0.29, 0.717) is 19.5 Å². The zero-order chi connectivity index (χ0) is 14.1. The van der Waals surface area contributed by atoms with Crippen molar-refractivity contribution < 1.29 is 9.90 Å². The lowest BCUT2D eigenvalue weighted by molar-refractivity contribution is -0.121. The van der Waals surface area contributed by atoms with E-state index in [1.54, 1.807) is 6.92 Å². The maximum absolute atomic E-state index is 11.4. The summed E-state index contributed by atoms with van der Waals surface area (Å²) < 4.78 is 0. The maximum Gasteiger partial charge on any atom is 0.221 e. The third kappa shape index (κ3) is 5.85. The van der Waals surface area contributed by atoms with Gasteiger partial charge in [-0.25, -0.2) is 0 Å². The third-order valence-corrected chi connectivity index (χ3v) is 2.97. The van der Waals surface area contributed by atoms with Crippen LogP contribution in [0.4, 0.5) is 0 Å². The van der Waals surface area contributed by atoms with Gasteiger partial charge in [0, 0.05) is 26.1 Å². The van der Waals surface area contributed by atoms with Gasteiger partial charge in [0.15, 0.2) is 0 Å². The minimum atomic E-state index is -0.916. The van der Waals surface area contributed by atoms with E-state index >= 15 is 0 Å². The first kappa shape index (κ1) is 15.7. The third-order valence-electron chi connectivity index (χ3n) is 2.97. The molecule has 1 aromatic carbocycles. The Morgan fingerprint density at radius 3 is 2.58 bits per heavy atom. The summed E-state index contributed by atoms with van der Waals surface area (Å²) in [5, 5.41) is 16.3. The van der Waals surface area contributed by atoms with Gasteiger partial charge in [0.25, 0.3) is 0 Å². The van der Waals surface area contributed by atoms with Crippen LogP contribution < -0.4 is 10.6 Å². The van der Waals surface area contributed by atoms with Crippen molar-refractivity contribution in [1.82, 2.24) is 10.6 Å². The Balaban J connectivity index is 2.27. The number of nitrogens with one attached hydrogen (secondary N) is 2. The largest absolute Gasteiger partial charge is 0.384 e. The summed E-state index contributed by atoms with van der Waals surface area (Å²) in [5.41, 5.74) is -0.0424. The van der Waals surface area contributed by atoms with Gasteiger partial charge in [-0.3, -0.25) is 4.79 Å². The fraction of sp³-hybridized carbons (Fsp3) is 0.533. The van der Waals surface area contributed by atoms with Gasteiger partial charge in [0.1, 0.15) is 0 Å². The van der Waals surface area contributed by atoms with Gasteiger partial charge in [-0.05, 0) is 18.9 Å². The van der Waals surface area contributed by atoms with Gasteiger partial charge in [0.2, 0.25) is 5.91 Å². The molecule has 0 aliphatic heterocycles. The summed E-state index contributed by atoms with van der Waals surface area (Å²) in [6, 6.07) is 9.53. The van der Waals surface area contributed by atoms with Gasteiger partial charge >= 0.3 is 0 Å². The number of amides is 1. The van der Waals surface area contributed by atoms with Crippen LogP contribution in [0.2, 0.25) is 0 Å². The molecule has 0 bridgehead atoms. The second kappa shape index (κ2) is 7.92. The molecule has 106 valence electrons. The standard InChI is InChI=1S/C15H24N2O2/c1-3-10-17-14(18)9-11-16-12-15(2,19)13-7-5-4-6-8-13/h4-8,16,19H,3,9-12H2,1-2H3,(H,17,18).